The lowest BCUT2D eigenvalue weighted by Gasteiger charge is -2.17. The fourth-order valence-corrected chi connectivity index (χ4v) is 8.83. The van der Waals surface area contributed by atoms with Crippen LogP contribution in [0.5, 0.6) is 0 Å². The van der Waals surface area contributed by atoms with Gasteiger partial charge in [0.15, 0.2) is 0 Å². The Morgan fingerprint density at radius 1 is 0.282 bits per heavy atom. The summed E-state index contributed by atoms with van der Waals surface area (Å²) in [7, 11) is 0. The number of nitrogens with one attached hydrogen (secondary N) is 8. The van der Waals surface area contributed by atoms with Crippen LogP contribution in [-0.2, 0) is 76.7 Å². The van der Waals surface area contributed by atoms with Gasteiger partial charge in [0.2, 0.25) is 47.3 Å². The van der Waals surface area contributed by atoms with Crippen LogP contribution in [0.15, 0.2) is 0 Å². The summed E-state index contributed by atoms with van der Waals surface area (Å²) in [5.41, 5.74) is 0. The summed E-state index contributed by atoms with van der Waals surface area (Å²) in [6.45, 7) is 62.5. The molecule has 736 valence electrons. The van der Waals surface area contributed by atoms with E-state index in [9.17, 15) is 78.8 Å². The number of hydrogen-bond acceptors (Lipinski definition) is 24. The van der Waals surface area contributed by atoms with Gasteiger partial charge >= 0.3 is 0 Å². The van der Waals surface area contributed by atoms with Crippen molar-refractivity contribution in [3.63, 3.8) is 0 Å². The van der Waals surface area contributed by atoms with Gasteiger partial charge in [-0.3, -0.25) is 38.4 Å². The van der Waals surface area contributed by atoms with Gasteiger partial charge in [-0.2, -0.15) is 0 Å². The Hall–Kier alpha value is -7.60. The molecule has 8 N–H and O–H groups in total. The molecular weight excluding hydrogens is 1610 g/mol. The molecule has 0 fully saturated rings. The topological polar surface area (TPSA) is 479 Å². The van der Waals surface area contributed by atoms with Crippen molar-refractivity contribution in [2.45, 2.75) is 371 Å². The van der Waals surface area contributed by atoms with E-state index in [0.717, 1.165) is 38.8 Å². The largest absolute Gasteiger partial charge is 0.381 e. The molecule has 0 saturated carbocycles. The van der Waals surface area contributed by atoms with Gasteiger partial charge in [-0.05, 0) is 139 Å². The summed E-state index contributed by atoms with van der Waals surface area (Å²) >= 11 is 0. The van der Waals surface area contributed by atoms with Gasteiger partial charge in [-0.1, -0.05) is 205 Å². The molecule has 0 aromatic heterocycles. The van der Waals surface area contributed by atoms with E-state index in [1.165, 1.54) is 38.5 Å². The quantitative estimate of drug-likeness (QED) is 0.0159. The van der Waals surface area contributed by atoms with E-state index >= 15 is 0 Å². The molecule has 0 aromatic rings. The van der Waals surface area contributed by atoms with Crippen LogP contribution < -0.4 is 42.5 Å². The minimum Gasteiger partial charge on any atom is -0.381 e. The third-order valence-corrected chi connectivity index (χ3v) is 18.0. The summed E-state index contributed by atoms with van der Waals surface area (Å²) in [4.78, 5) is 148. The highest BCUT2D eigenvalue weighted by molar-refractivity contribution is 5.79. The molecule has 8 unspecified atom stereocenters. The van der Waals surface area contributed by atoms with E-state index in [2.05, 4.69) is 138 Å². The summed E-state index contributed by atoms with van der Waals surface area (Å²) < 4.78 is 20.7. The third kappa shape index (κ3) is 112. The minimum atomic E-state index is -0.824. The summed E-state index contributed by atoms with van der Waals surface area (Å²) in [6, 6.07) is 0.806. The van der Waals surface area contributed by atoms with Crippen molar-refractivity contribution in [2.75, 3.05) is 92.2 Å². The average molecular weight is 1790 g/mol. The Morgan fingerprint density at radius 3 is 0.831 bits per heavy atom. The average Bonchev–Trinajstić information content (AvgIpc) is 0.976. The van der Waals surface area contributed by atoms with Crippen LogP contribution >= 0.6 is 0 Å². The molecule has 36 heteroatoms. The smallest absolute Gasteiger partial charge is 0.294 e. The molecule has 0 aliphatic carbocycles. The van der Waals surface area contributed by atoms with Crippen LogP contribution in [0.4, 0.5) is 0 Å². The van der Waals surface area contributed by atoms with Crippen molar-refractivity contribution >= 4 is 47.3 Å². The summed E-state index contributed by atoms with van der Waals surface area (Å²) in [5.74, 6) is 3.82. The molecule has 0 saturated heterocycles. The van der Waals surface area contributed by atoms with Crippen LogP contribution in [-0.4, -0.2) is 196 Å². The molecule has 0 radical (unpaired) electrons. The predicted molar refractivity (Wildman–Crippen MR) is 488 cm³/mol. The van der Waals surface area contributed by atoms with Gasteiger partial charge in [0.05, 0.1) is 26.4 Å². The van der Waals surface area contributed by atoms with Crippen LogP contribution in [0.1, 0.15) is 335 Å². The zero-order valence-electron chi connectivity index (χ0n) is 82.3. The second kappa shape index (κ2) is 91.6. The zero-order valence-corrected chi connectivity index (χ0v) is 82.3. The number of unbranched alkanes of at least 4 members (excludes halogenated alkanes) is 6. The van der Waals surface area contributed by atoms with E-state index < -0.39 is 32.6 Å². The first-order valence-electron chi connectivity index (χ1n) is 45.8. The molecule has 124 heavy (non-hydrogen) atoms. The van der Waals surface area contributed by atoms with Crippen molar-refractivity contribution in [1.82, 2.24) is 42.5 Å². The lowest BCUT2D eigenvalue weighted by molar-refractivity contribution is -0.768. The second-order valence-electron chi connectivity index (χ2n) is 34.3. The number of carbonyl (C=O) groups excluding carboxylic acids is 8. The SMILES string of the molecule is CC(C)CNC(=O)CCOCC(C)CO[N+](=O)[O-].CC(COCCC(=O)NC(C)C(C)C)CO[N+](=O)[O-].CCC(CCCC(=O)NC(C)C(C)C)O[N+](=O)[O-].CCC(CCCC(=O)NCC(C)C)O[N+](=O)[O-].CCCCCCC(=O)NC(C)C(C)C.CCCCCCC(=O)NCC(C)C.CCCOCC(=O)NC(C)C(C)C.CCCOCC(=O)NCC(C)C. The summed E-state index contributed by atoms with van der Waals surface area (Å²) in [5, 5.41) is 60.0. The molecule has 36 nitrogen and oxygen atoms in total. The molecule has 0 aromatic carbocycles. The number of ether oxygens (including phenoxy) is 4. The van der Waals surface area contributed by atoms with Crippen molar-refractivity contribution in [2.24, 2.45) is 59.2 Å². The second-order valence-corrected chi connectivity index (χ2v) is 34.3. The van der Waals surface area contributed by atoms with E-state index in [-0.39, 0.29) is 104 Å². The Kier molecular flexibility index (Phi) is 97.5. The Balaban J connectivity index is -0.000000208. The van der Waals surface area contributed by atoms with Gasteiger partial charge in [-0.25, -0.2) is 0 Å². The molecule has 0 aliphatic rings. The maximum atomic E-state index is 11.6. The van der Waals surface area contributed by atoms with Gasteiger partial charge in [0, 0.05) is 114 Å². The van der Waals surface area contributed by atoms with Crippen LogP contribution in [0, 0.1) is 99.6 Å². The summed E-state index contributed by atoms with van der Waals surface area (Å²) in [6.07, 6.45) is 16.7. The first-order valence-corrected chi connectivity index (χ1v) is 45.8. The molecule has 0 rings (SSSR count). The van der Waals surface area contributed by atoms with E-state index in [4.69, 9.17) is 18.9 Å². The van der Waals surface area contributed by atoms with Crippen LogP contribution in [0.25, 0.3) is 0 Å². The van der Waals surface area contributed by atoms with E-state index in [1.54, 1.807) is 13.8 Å². The highest BCUT2D eigenvalue weighted by Crippen LogP contribution is 2.13. The van der Waals surface area contributed by atoms with Gasteiger partial charge in [0.25, 0.3) is 20.3 Å². The molecular formula is C88H180N12O24. The molecule has 0 bridgehead atoms. The first-order chi connectivity index (χ1) is 58.0. The van der Waals surface area contributed by atoms with Crippen molar-refractivity contribution in [3.05, 3.63) is 40.5 Å². The predicted octanol–water partition coefficient (Wildman–Crippen LogP) is 15.2. The van der Waals surface area contributed by atoms with E-state index in [1.807, 2.05) is 104 Å². The highest BCUT2D eigenvalue weighted by Gasteiger charge is 2.18. The maximum absolute atomic E-state index is 11.6. The minimum absolute atomic E-state index is 0.00355. The fourth-order valence-electron chi connectivity index (χ4n) is 8.83. The van der Waals surface area contributed by atoms with Crippen molar-refractivity contribution in [1.29, 1.82) is 0 Å². The highest BCUT2D eigenvalue weighted by atomic mass is 17.0. The Labute approximate surface area is 747 Å². The maximum Gasteiger partial charge on any atom is 0.294 e. The zero-order chi connectivity index (χ0) is 96.9. The van der Waals surface area contributed by atoms with E-state index in [0.29, 0.717) is 183 Å². The monoisotopic (exact) mass is 1790 g/mol. The van der Waals surface area contributed by atoms with Crippen LogP contribution in [0.3, 0.4) is 0 Å². The molecule has 8 atom stereocenters. The molecule has 8 amide bonds. The lowest BCUT2D eigenvalue weighted by atomic mass is 10.1. The van der Waals surface area contributed by atoms with Gasteiger partial charge in [0.1, 0.15) is 38.6 Å². The number of nitrogens with zero attached hydrogens (tertiary/aromatic N) is 4. The number of hydrogen-bond donors (Lipinski definition) is 8. The Bertz CT molecular complexity index is 2630. The molecule has 0 heterocycles. The van der Waals surface area contributed by atoms with Crippen molar-refractivity contribution < 1.29 is 97.0 Å². The normalized spacial score (nSPS) is 12.5. The first kappa shape index (κ1) is 132. The number of carbonyl (C=O) groups is 8. The third-order valence-electron chi connectivity index (χ3n) is 18.0. The standard InChI is InChI=1S/C12H24N2O5.C12H24N2O4.C12H25NO.C11H22N2O5.C11H22N2O4.C11H23NO.C10H21NO2.C9H19NO2/c1-9(2)11(4)13-12(15)5-6-18-7-10(3)8-19-14(16)17;1-5-11(18-14(16)17)7-6-8-12(15)13-10(4)9(2)3;1-5-6-7-8-9-12(14)13-11(4)10(2)3;1-9(2)6-12-11(14)4-5-17-7-10(3)8-18-13(15)16;1-4-10(17-13(15)16)6-5-7-11(14)12-8-9(2)3;1-4-5-6-7-8-11(13)12-9-10(2)3;1-5-6-13-7-10(12)11-9(4)8(2)3;1-4-5-12-7-9(11)10-6-8(2)3/h9-11H,5-8H2,1-4H3,(H,13,15);9-11H,5-8H2,1-4H3,(H,13,15);10-11H,5-9H2,1-4H3,(H,13,14);9-10H,4-8H2,1-3H3,(H,12,14);9-10H,4-8H2,1-3H3,(H,12,14);10H,4-9H2,1-3H3,(H,12,13);8-9H,5-7H2,1-4H3,(H,11,12);8H,4-7H2,1-3H3,(H,10,11). The van der Waals surface area contributed by atoms with Crippen LogP contribution in [0.2, 0.25) is 0 Å². The fraction of sp³-hybridized carbons (Fsp3) is 0.909. The molecule has 0 aliphatic heterocycles. The lowest BCUT2D eigenvalue weighted by Crippen LogP contribution is -2.38. The molecule has 0 spiro atoms. The number of amides is 8. The number of rotatable bonds is 64. The Morgan fingerprint density at radius 2 is 0.548 bits per heavy atom. The van der Waals surface area contributed by atoms with Gasteiger partial charge in [-0.15, -0.1) is 40.5 Å². The van der Waals surface area contributed by atoms with Gasteiger partial charge < -0.3 is 80.8 Å². The van der Waals surface area contributed by atoms with Crippen molar-refractivity contribution in [3.8, 4) is 0 Å².